The average Bonchev–Trinajstić information content (AvgIpc) is 2.73. The molecule has 0 bridgehead atoms. The first-order chi connectivity index (χ1) is 13.5. The van der Waals surface area contributed by atoms with Crippen molar-refractivity contribution in [3.63, 3.8) is 0 Å². The standard InChI is InChI=1S/C22H28N2O3S/c1-2-28(26,27)24-16-14-20(15-17-24)23-22(25)21-11-7-6-10-19(21)13-12-18-8-4-3-5-9-18/h3-11,20H,2,12-17H2,1H3,(H,23,25). The highest BCUT2D eigenvalue weighted by Crippen LogP contribution is 2.17. The molecule has 150 valence electrons. The van der Waals surface area contributed by atoms with Crippen molar-refractivity contribution in [2.24, 2.45) is 0 Å². The number of amides is 1. The maximum atomic E-state index is 12.8. The Bertz CT molecular complexity index is 889. The van der Waals surface area contributed by atoms with Crippen LogP contribution in [0.4, 0.5) is 0 Å². The fraction of sp³-hybridized carbons (Fsp3) is 0.409. The molecule has 0 radical (unpaired) electrons. The fourth-order valence-electron chi connectivity index (χ4n) is 3.61. The van der Waals surface area contributed by atoms with Crippen molar-refractivity contribution in [1.82, 2.24) is 9.62 Å². The summed E-state index contributed by atoms with van der Waals surface area (Å²) in [6, 6.07) is 18.0. The van der Waals surface area contributed by atoms with Gasteiger partial charge in [0.2, 0.25) is 10.0 Å². The van der Waals surface area contributed by atoms with Gasteiger partial charge in [-0.05, 0) is 49.8 Å². The van der Waals surface area contributed by atoms with Crippen molar-refractivity contribution in [3.05, 3.63) is 71.3 Å². The van der Waals surface area contributed by atoms with Crippen LogP contribution < -0.4 is 5.32 Å². The SMILES string of the molecule is CCS(=O)(=O)N1CCC(NC(=O)c2ccccc2CCc2ccccc2)CC1. The first kappa shape index (κ1) is 20.6. The molecule has 0 unspecified atom stereocenters. The third-order valence-corrected chi connectivity index (χ3v) is 7.22. The Morgan fingerprint density at radius 3 is 2.32 bits per heavy atom. The number of aryl methyl sites for hydroxylation is 2. The Hall–Kier alpha value is -2.18. The summed E-state index contributed by atoms with van der Waals surface area (Å²) in [6.45, 7) is 2.60. The molecule has 1 saturated heterocycles. The van der Waals surface area contributed by atoms with Crippen molar-refractivity contribution >= 4 is 15.9 Å². The molecule has 0 aliphatic carbocycles. The van der Waals surface area contributed by atoms with Crippen LogP contribution in [0.25, 0.3) is 0 Å². The minimum atomic E-state index is -3.15. The molecule has 28 heavy (non-hydrogen) atoms. The number of rotatable bonds is 7. The van der Waals surface area contributed by atoms with Crippen LogP contribution in [0.3, 0.4) is 0 Å². The van der Waals surface area contributed by atoms with Gasteiger partial charge in [0, 0.05) is 24.7 Å². The second kappa shape index (κ2) is 9.34. The van der Waals surface area contributed by atoms with Crippen LogP contribution in [0.2, 0.25) is 0 Å². The zero-order valence-corrected chi connectivity index (χ0v) is 17.1. The molecule has 6 heteroatoms. The van der Waals surface area contributed by atoms with Crippen LogP contribution in [0.15, 0.2) is 54.6 Å². The molecule has 0 atom stereocenters. The maximum Gasteiger partial charge on any atom is 0.251 e. The summed E-state index contributed by atoms with van der Waals surface area (Å²) in [5.74, 6) is 0.0548. The van der Waals surface area contributed by atoms with E-state index in [0.29, 0.717) is 31.5 Å². The summed E-state index contributed by atoms with van der Waals surface area (Å²) in [7, 11) is -3.15. The van der Waals surface area contributed by atoms with Gasteiger partial charge >= 0.3 is 0 Å². The molecule has 0 spiro atoms. The van der Waals surface area contributed by atoms with E-state index in [1.54, 1.807) is 6.92 Å². The number of nitrogens with zero attached hydrogens (tertiary/aromatic N) is 1. The average molecular weight is 401 g/mol. The van der Waals surface area contributed by atoms with Crippen LogP contribution in [-0.2, 0) is 22.9 Å². The molecule has 0 aromatic heterocycles. The van der Waals surface area contributed by atoms with Crippen LogP contribution in [-0.4, -0.2) is 43.5 Å². The van der Waals surface area contributed by atoms with E-state index in [9.17, 15) is 13.2 Å². The van der Waals surface area contributed by atoms with Crippen molar-refractivity contribution in [2.75, 3.05) is 18.8 Å². The number of hydrogen-bond acceptors (Lipinski definition) is 3. The van der Waals surface area contributed by atoms with Gasteiger partial charge in [-0.15, -0.1) is 0 Å². The Morgan fingerprint density at radius 1 is 1.00 bits per heavy atom. The topological polar surface area (TPSA) is 66.5 Å². The Labute approximate surface area is 167 Å². The van der Waals surface area contributed by atoms with E-state index in [4.69, 9.17) is 0 Å². The molecule has 5 nitrogen and oxygen atoms in total. The first-order valence-electron chi connectivity index (χ1n) is 9.90. The van der Waals surface area contributed by atoms with E-state index < -0.39 is 10.0 Å². The predicted octanol–water partition coefficient (Wildman–Crippen LogP) is 3.02. The van der Waals surface area contributed by atoms with Gasteiger partial charge in [0.15, 0.2) is 0 Å². The van der Waals surface area contributed by atoms with Gasteiger partial charge in [0.25, 0.3) is 5.91 Å². The van der Waals surface area contributed by atoms with E-state index in [-0.39, 0.29) is 17.7 Å². The third-order valence-electron chi connectivity index (χ3n) is 5.34. The number of hydrogen-bond donors (Lipinski definition) is 1. The molecule has 2 aromatic rings. The summed E-state index contributed by atoms with van der Waals surface area (Å²) < 4.78 is 25.5. The highest BCUT2D eigenvalue weighted by atomic mass is 32.2. The van der Waals surface area contributed by atoms with E-state index >= 15 is 0 Å². The minimum Gasteiger partial charge on any atom is -0.349 e. The number of sulfonamides is 1. The second-order valence-corrected chi connectivity index (χ2v) is 9.45. The molecule has 3 rings (SSSR count). The quantitative estimate of drug-likeness (QED) is 0.777. The Kier molecular flexibility index (Phi) is 6.86. The predicted molar refractivity (Wildman–Crippen MR) is 112 cm³/mol. The zero-order chi connectivity index (χ0) is 20.0. The number of carbonyl (C=O) groups excluding carboxylic acids is 1. The van der Waals surface area contributed by atoms with Crippen LogP contribution >= 0.6 is 0 Å². The monoisotopic (exact) mass is 400 g/mol. The second-order valence-electron chi connectivity index (χ2n) is 7.19. The maximum absolute atomic E-state index is 12.8. The third kappa shape index (κ3) is 5.20. The molecule has 2 aromatic carbocycles. The molecule has 1 N–H and O–H groups in total. The molecule has 1 heterocycles. The van der Waals surface area contributed by atoms with Gasteiger partial charge in [-0.2, -0.15) is 0 Å². The lowest BCUT2D eigenvalue weighted by molar-refractivity contribution is 0.0923. The summed E-state index contributed by atoms with van der Waals surface area (Å²) in [6.07, 6.45) is 2.99. The van der Waals surface area contributed by atoms with Crippen molar-refractivity contribution in [1.29, 1.82) is 0 Å². The summed E-state index contributed by atoms with van der Waals surface area (Å²) in [5, 5.41) is 3.10. The number of piperidine rings is 1. The van der Waals surface area contributed by atoms with Crippen LogP contribution in [0.5, 0.6) is 0 Å². The lowest BCUT2D eigenvalue weighted by Gasteiger charge is -2.31. The van der Waals surface area contributed by atoms with E-state index in [1.807, 2.05) is 42.5 Å². The highest BCUT2D eigenvalue weighted by molar-refractivity contribution is 7.89. The normalized spacial score (nSPS) is 16.0. The largest absolute Gasteiger partial charge is 0.349 e. The molecule has 1 aliphatic rings. The Morgan fingerprint density at radius 2 is 1.64 bits per heavy atom. The molecule has 1 fully saturated rings. The van der Waals surface area contributed by atoms with Gasteiger partial charge in [-0.1, -0.05) is 48.5 Å². The van der Waals surface area contributed by atoms with E-state index in [2.05, 4.69) is 17.4 Å². The number of benzene rings is 2. The molecule has 0 saturated carbocycles. The first-order valence-corrected chi connectivity index (χ1v) is 11.5. The molecular weight excluding hydrogens is 372 g/mol. The van der Waals surface area contributed by atoms with Gasteiger partial charge in [-0.25, -0.2) is 12.7 Å². The minimum absolute atomic E-state index is 0.0120. The summed E-state index contributed by atoms with van der Waals surface area (Å²) >= 11 is 0. The fourth-order valence-corrected chi connectivity index (χ4v) is 4.74. The van der Waals surface area contributed by atoms with E-state index in [0.717, 1.165) is 18.4 Å². The zero-order valence-electron chi connectivity index (χ0n) is 16.3. The molecular formula is C22H28N2O3S. The highest BCUT2D eigenvalue weighted by Gasteiger charge is 2.27. The lowest BCUT2D eigenvalue weighted by atomic mass is 9.98. The Balaban J connectivity index is 1.59. The van der Waals surface area contributed by atoms with Gasteiger partial charge in [0.1, 0.15) is 0 Å². The molecule has 1 aliphatic heterocycles. The van der Waals surface area contributed by atoms with Crippen molar-refractivity contribution in [3.8, 4) is 0 Å². The number of nitrogens with one attached hydrogen (secondary N) is 1. The van der Waals surface area contributed by atoms with Crippen LogP contribution in [0, 0.1) is 0 Å². The smallest absolute Gasteiger partial charge is 0.251 e. The van der Waals surface area contributed by atoms with E-state index in [1.165, 1.54) is 9.87 Å². The molecule has 1 amide bonds. The van der Waals surface area contributed by atoms with Crippen LogP contribution in [0.1, 0.15) is 41.3 Å². The van der Waals surface area contributed by atoms with Gasteiger partial charge < -0.3 is 5.32 Å². The van der Waals surface area contributed by atoms with Crippen molar-refractivity contribution < 1.29 is 13.2 Å². The van der Waals surface area contributed by atoms with Gasteiger partial charge in [-0.3, -0.25) is 4.79 Å². The van der Waals surface area contributed by atoms with Crippen molar-refractivity contribution in [2.45, 2.75) is 38.6 Å². The van der Waals surface area contributed by atoms with Gasteiger partial charge in [0.05, 0.1) is 5.75 Å². The summed E-state index contributed by atoms with van der Waals surface area (Å²) in [5.41, 5.74) is 3.00. The summed E-state index contributed by atoms with van der Waals surface area (Å²) in [4.78, 5) is 12.8. The number of carbonyl (C=O) groups is 1. The lowest BCUT2D eigenvalue weighted by Crippen LogP contribution is -2.47.